The lowest BCUT2D eigenvalue weighted by atomic mass is 10.2. The average Bonchev–Trinajstić information content (AvgIpc) is 1.58. The van der Waals surface area contributed by atoms with E-state index in [0.29, 0.717) is 6.04 Å². The van der Waals surface area contributed by atoms with Crippen molar-refractivity contribution in [3.05, 3.63) is 23.9 Å². The molecule has 1 heteroatoms. The second-order valence-corrected chi connectivity index (χ2v) is 2.97. The predicted molar refractivity (Wildman–Crippen MR) is 46.8 cm³/mol. The molecular formula is C9H17N. The topological polar surface area (TPSA) is 12.0 Å². The van der Waals surface area contributed by atoms with Crippen LogP contribution in [0.4, 0.5) is 0 Å². The summed E-state index contributed by atoms with van der Waals surface area (Å²) in [6, 6.07) is 0.510. The summed E-state index contributed by atoms with van der Waals surface area (Å²) in [5.41, 5.74) is 2.27. The molecule has 0 heterocycles. The molecule has 0 saturated heterocycles. The second-order valence-electron chi connectivity index (χ2n) is 2.97. The van der Waals surface area contributed by atoms with Crippen LogP contribution in [0.25, 0.3) is 0 Å². The molecule has 0 bridgehead atoms. The molecule has 1 N–H and O–H groups in total. The minimum absolute atomic E-state index is 0.510. The Labute approximate surface area is 63.8 Å². The molecule has 0 saturated carbocycles. The number of nitrogens with one attached hydrogen (secondary N) is 1. The Balaban J connectivity index is 3.83. The van der Waals surface area contributed by atoms with Gasteiger partial charge >= 0.3 is 0 Å². The molecule has 0 amide bonds. The van der Waals surface area contributed by atoms with Gasteiger partial charge in [0.25, 0.3) is 0 Å². The molecule has 0 aliphatic rings. The van der Waals surface area contributed by atoms with Gasteiger partial charge in [0, 0.05) is 11.7 Å². The van der Waals surface area contributed by atoms with Gasteiger partial charge in [-0.3, -0.25) is 0 Å². The van der Waals surface area contributed by atoms with Crippen LogP contribution in [0.3, 0.4) is 0 Å². The highest BCUT2D eigenvalue weighted by Crippen LogP contribution is 1.96. The summed E-state index contributed by atoms with van der Waals surface area (Å²) in [6.45, 7) is 12.1. The fourth-order valence-electron chi connectivity index (χ4n) is 0.867. The molecule has 0 aliphatic carbocycles. The highest BCUT2D eigenvalue weighted by Gasteiger charge is 1.90. The average molecular weight is 139 g/mol. The standard InChI is InChI=1S/C9H17N/c1-7(2)6-9(5)10-8(3)4/h6,8,10H,1H2,2-5H3/b9-6+. The zero-order valence-electron chi connectivity index (χ0n) is 7.36. The van der Waals surface area contributed by atoms with Gasteiger partial charge in [0.15, 0.2) is 0 Å². The smallest absolute Gasteiger partial charge is 0.0201 e. The van der Waals surface area contributed by atoms with Crippen LogP contribution in [0, 0.1) is 0 Å². The first-order valence-corrected chi connectivity index (χ1v) is 3.62. The van der Waals surface area contributed by atoms with Crippen molar-refractivity contribution >= 4 is 0 Å². The number of hydrogen-bond acceptors (Lipinski definition) is 1. The minimum atomic E-state index is 0.510. The molecule has 0 rings (SSSR count). The molecule has 0 spiro atoms. The van der Waals surface area contributed by atoms with Gasteiger partial charge < -0.3 is 5.32 Å². The zero-order valence-corrected chi connectivity index (χ0v) is 7.36. The van der Waals surface area contributed by atoms with Crippen molar-refractivity contribution in [2.75, 3.05) is 0 Å². The molecule has 58 valence electrons. The molecule has 0 unspecified atom stereocenters. The van der Waals surface area contributed by atoms with Crippen molar-refractivity contribution in [1.29, 1.82) is 0 Å². The van der Waals surface area contributed by atoms with Gasteiger partial charge in [0.1, 0.15) is 0 Å². The van der Waals surface area contributed by atoms with Crippen molar-refractivity contribution in [3.63, 3.8) is 0 Å². The summed E-state index contributed by atoms with van der Waals surface area (Å²) >= 11 is 0. The maximum Gasteiger partial charge on any atom is 0.0201 e. The second kappa shape index (κ2) is 4.15. The van der Waals surface area contributed by atoms with Crippen LogP contribution < -0.4 is 5.32 Å². The fourth-order valence-corrected chi connectivity index (χ4v) is 0.867. The molecule has 10 heavy (non-hydrogen) atoms. The van der Waals surface area contributed by atoms with Crippen molar-refractivity contribution < 1.29 is 0 Å². The van der Waals surface area contributed by atoms with Crippen LogP contribution in [-0.2, 0) is 0 Å². The summed E-state index contributed by atoms with van der Waals surface area (Å²) in [4.78, 5) is 0. The van der Waals surface area contributed by atoms with Gasteiger partial charge in [0.05, 0.1) is 0 Å². The molecular weight excluding hydrogens is 122 g/mol. The third kappa shape index (κ3) is 5.42. The first kappa shape index (κ1) is 9.28. The quantitative estimate of drug-likeness (QED) is 0.592. The van der Waals surface area contributed by atoms with E-state index in [9.17, 15) is 0 Å². The lowest BCUT2D eigenvalue weighted by Crippen LogP contribution is -2.20. The Morgan fingerprint density at radius 1 is 1.40 bits per heavy atom. The SMILES string of the molecule is C=C(C)/C=C(\C)NC(C)C. The Morgan fingerprint density at radius 3 is 2.20 bits per heavy atom. The van der Waals surface area contributed by atoms with Crippen molar-refractivity contribution in [2.24, 2.45) is 0 Å². The number of hydrogen-bond donors (Lipinski definition) is 1. The van der Waals surface area contributed by atoms with Crippen LogP contribution in [0.15, 0.2) is 23.9 Å². The summed E-state index contributed by atoms with van der Waals surface area (Å²) in [6.07, 6.45) is 2.04. The summed E-state index contributed by atoms with van der Waals surface area (Å²) in [5, 5.41) is 3.27. The molecule has 0 aliphatic heterocycles. The zero-order chi connectivity index (χ0) is 8.15. The highest BCUT2D eigenvalue weighted by atomic mass is 14.9. The summed E-state index contributed by atoms with van der Waals surface area (Å²) in [5.74, 6) is 0. The first-order valence-electron chi connectivity index (χ1n) is 3.62. The monoisotopic (exact) mass is 139 g/mol. The molecule has 0 radical (unpaired) electrons. The van der Waals surface area contributed by atoms with E-state index in [1.807, 2.05) is 13.0 Å². The molecule has 1 nitrogen and oxygen atoms in total. The highest BCUT2D eigenvalue weighted by molar-refractivity contribution is 5.16. The molecule has 0 aromatic carbocycles. The molecule has 0 aromatic heterocycles. The van der Waals surface area contributed by atoms with Gasteiger partial charge in [-0.15, -0.1) is 0 Å². The third-order valence-electron chi connectivity index (χ3n) is 0.979. The molecule has 0 aromatic rings. The van der Waals surface area contributed by atoms with E-state index >= 15 is 0 Å². The lowest BCUT2D eigenvalue weighted by Gasteiger charge is -2.09. The third-order valence-corrected chi connectivity index (χ3v) is 0.979. The molecule has 0 atom stereocenters. The Bertz CT molecular complexity index is 143. The number of rotatable bonds is 3. The Morgan fingerprint density at radius 2 is 1.90 bits per heavy atom. The van der Waals surface area contributed by atoms with Gasteiger partial charge in [-0.1, -0.05) is 12.2 Å². The normalized spacial score (nSPS) is 11.9. The summed E-state index contributed by atoms with van der Waals surface area (Å²) < 4.78 is 0. The fraction of sp³-hybridized carbons (Fsp3) is 0.556. The Kier molecular flexibility index (Phi) is 3.85. The maximum atomic E-state index is 3.79. The molecule has 0 fully saturated rings. The van der Waals surface area contributed by atoms with E-state index in [0.717, 1.165) is 5.57 Å². The van der Waals surface area contributed by atoms with Gasteiger partial charge in [-0.05, 0) is 33.8 Å². The van der Waals surface area contributed by atoms with E-state index < -0.39 is 0 Å². The van der Waals surface area contributed by atoms with Crippen molar-refractivity contribution in [1.82, 2.24) is 5.32 Å². The largest absolute Gasteiger partial charge is 0.386 e. The Hall–Kier alpha value is -0.720. The predicted octanol–water partition coefficient (Wildman–Crippen LogP) is 2.46. The van der Waals surface area contributed by atoms with Crippen molar-refractivity contribution in [2.45, 2.75) is 33.7 Å². The van der Waals surface area contributed by atoms with Gasteiger partial charge in [-0.2, -0.15) is 0 Å². The maximum absolute atomic E-state index is 3.79. The van der Waals surface area contributed by atoms with Crippen LogP contribution in [-0.4, -0.2) is 6.04 Å². The van der Waals surface area contributed by atoms with E-state index in [-0.39, 0.29) is 0 Å². The summed E-state index contributed by atoms with van der Waals surface area (Å²) in [7, 11) is 0. The van der Waals surface area contributed by atoms with Gasteiger partial charge in [-0.25, -0.2) is 0 Å². The van der Waals surface area contributed by atoms with Crippen LogP contribution in [0.2, 0.25) is 0 Å². The van der Waals surface area contributed by atoms with Crippen LogP contribution in [0.1, 0.15) is 27.7 Å². The van der Waals surface area contributed by atoms with E-state index in [4.69, 9.17) is 0 Å². The van der Waals surface area contributed by atoms with Crippen LogP contribution in [0.5, 0.6) is 0 Å². The van der Waals surface area contributed by atoms with Gasteiger partial charge in [0.2, 0.25) is 0 Å². The minimum Gasteiger partial charge on any atom is -0.386 e. The van der Waals surface area contributed by atoms with E-state index in [2.05, 4.69) is 32.7 Å². The first-order chi connectivity index (χ1) is 4.52. The van der Waals surface area contributed by atoms with Crippen molar-refractivity contribution in [3.8, 4) is 0 Å². The number of allylic oxidation sites excluding steroid dienone is 3. The lowest BCUT2D eigenvalue weighted by molar-refractivity contribution is 0.669. The van der Waals surface area contributed by atoms with Crippen LogP contribution >= 0.6 is 0 Å². The van der Waals surface area contributed by atoms with E-state index in [1.165, 1.54) is 5.70 Å². The van der Waals surface area contributed by atoms with E-state index in [1.54, 1.807) is 0 Å².